The second kappa shape index (κ2) is 6.24. The predicted octanol–water partition coefficient (Wildman–Crippen LogP) is 1.87. The second-order valence-electron chi connectivity index (χ2n) is 4.32. The third-order valence-electron chi connectivity index (χ3n) is 2.89. The van der Waals surface area contributed by atoms with Gasteiger partial charge in [0.05, 0.1) is 25.2 Å². The standard InChI is InChI=1S/C14H19N3O2/c1-11(15-2)10-19-14-8-16-17(9-14)12-4-6-13(18-3)7-5-12/h4-9,11,15H,10H2,1-3H3. The van der Waals surface area contributed by atoms with E-state index in [1.807, 2.05) is 37.5 Å². The van der Waals surface area contributed by atoms with Gasteiger partial charge in [0.2, 0.25) is 0 Å². The molecule has 0 saturated heterocycles. The first-order valence-corrected chi connectivity index (χ1v) is 6.22. The van der Waals surface area contributed by atoms with Crippen molar-refractivity contribution in [2.24, 2.45) is 0 Å². The fourth-order valence-corrected chi connectivity index (χ4v) is 1.56. The number of nitrogens with zero attached hydrogens (tertiary/aromatic N) is 2. The molecule has 5 heteroatoms. The summed E-state index contributed by atoms with van der Waals surface area (Å²) >= 11 is 0. The Morgan fingerprint density at radius 3 is 2.63 bits per heavy atom. The Hall–Kier alpha value is -2.01. The van der Waals surface area contributed by atoms with E-state index in [0.717, 1.165) is 17.2 Å². The summed E-state index contributed by atoms with van der Waals surface area (Å²) in [5.74, 6) is 1.59. The van der Waals surface area contributed by atoms with Crippen molar-refractivity contribution in [3.8, 4) is 17.2 Å². The van der Waals surface area contributed by atoms with Crippen molar-refractivity contribution >= 4 is 0 Å². The van der Waals surface area contributed by atoms with Gasteiger partial charge in [0.15, 0.2) is 5.75 Å². The Morgan fingerprint density at radius 1 is 1.26 bits per heavy atom. The molecule has 1 unspecified atom stereocenters. The number of nitrogens with one attached hydrogen (secondary N) is 1. The summed E-state index contributed by atoms with van der Waals surface area (Å²) in [7, 11) is 3.56. The number of methoxy groups -OCH3 is 1. The van der Waals surface area contributed by atoms with Gasteiger partial charge in [-0.3, -0.25) is 0 Å². The lowest BCUT2D eigenvalue weighted by molar-refractivity contribution is 0.280. The Balaban J connectivity index is 2.03. The van der Waals surface area contributed by atoms with Crippen molar-refractivity contribution in [1.82, 2.24) is 15.1 Å². The Morgan fingerprint density at radius 2 is 2.00 bits per heavy atom. The maximum absolute atomic E-state index is 5.64. The smallest absolute Gasteiger partial charge is 0.157 e. The first kappa shape index (κ1) is 13.4. The molecule has 1 aromatic heterocycles. The minimum Gasteiger partial charge on any atom is -0.497 e. The van der Waals surface area contributed by atoms with Crippen molar-refractivity contribution in [2.75, 3.05) is 20.8 Å². The zero-order valence-electron chi connectivity index (χ0n) is 11.5. The van der Waals surface area contributed by atoms with Crippen LogP contribution in [0, 0.1) is 0 Å². The van der Waals surface area contributed by atoms with Crippen LogP contribution >= 0.6 is 0 Å². The summed E-state index contributed by atoms with van der Waals surface area (Å²) in [6, 6.07) is 8.02. The highest BCUT2D eigenvalue weighted by Gasteiger charge is 2.04. The van der Waals surface area contributed by atoms with Gasteiger partial charge in [-0.1, -0.05) is 0 Å². The van der Waals surface area contributed by atoms with E-state index in [2.05, 4.69) is 17.3 Å². The molecule has 102 valence electrons. The van der Waals surface area contributed by atoms with Gasteiger partial charge in [0.1, 0.15) is 12.4 Å². The Bertz CT molecular complexity index is 508. The van der Waals surface area contributed by atoms with E-state index in [1.54, 1.807) is 18.0 Å². The van der Waals surface area contributed by atoms with Crippen LogP contribution in [-0.4, -0.2) is 36.6 Å². The Kier molecular flexibility index (Phi) is 4.41. The first-order valence-electron chi connectivity index (χ1n) is 6.22. The largest absolute Gasteiger partial charge is 0.497 e. The first-order chi connectivity index (χ1) is 9.22. The SMILES string of the molecule is CNC(C)COc1cnn(-c2ccc(OC)cc2)c1. The lowest BCUT2D eigenvalue weighted by atomic mass is 10.3. The summed E-state index contributed by atoms with van der Waals surface area (Å²) in [6.07, 6.45) is 3.58. The molecule has 0 aliphatic heterocycles. The molecule has 0 spiro atoms. The van der Waals surface area contributed by atoms with Crippen LogP contribution in [0.4, 0.5) is 0 Å². The van der Waals surface area contributed by atoms with Crippen LogP contribution in [0.1, 0.15) is 6.92 Å². The van der Waals surface area contributed by atoms with E-state index in [0.29, 0.717) is 12.6 Å². The van der Waals surface area contributed by atoms with Crippen molar-refractivity contribution in [1.29, 1.82) is 0 Å². The van der Waals surface area contributed by atoms with E-state index >= 15 is 0 Å². The van der Waals surface area contributed by atoms with Gasteiger partial charge in [-0.25, -0.2) is 4.68 Å². The highest BCUT2D eigenvalue weighted by molar-refractivity contribution is 5.37. The van der Waals surface area contributed by atoms with Crippen molar-refractivity contribution < 1.29 is 9.47 Å². The fraction of sp³-hybridized carbons (Fsp3) is 0.357. The van der Waals surface area contributed by atoms with E-state index in [9.17, 15) is 0 Å². The van der Waals surface area contributed by atoms with Gasteiger partial charge < -0.3 is 14.8 Å². The molecule has 1 atom stereocenters. The van der Waals surface area contributed by atoms with Gasteiger partial charge >= 0.3 is 0 Å². The highest BCUT2D eigenvalue weighted by Crippen LogP contribution is 2.17. The molecular formula is C14H19N3O2. The minimum absolute atomic E-state index is 0.310. The van der Waals surface area contributed by atoms with E-state index in [1.165, 1.54) is 0 Å². The summed E-state index contributed by atoms with van der Waals surface area (Å²) in [6.45, 7) is 2.68. The summed E-state index contributed by atoms with van der Waals surface area (Å²) in [5, 5.41) is 7.40. The van der Waals surface area contributed by atoms with Crippen LogP contribution in [0.2, 0.25) is 0 Å². The zero-order chi connectivity index (χ0) is 13.7. The molecular weight excluding hydrogens is 242 g/mol. The molecule has 0 fully saturated rings. The monoisotopic (exact) mass is 261 g/mol. The summed E-state index contributed by atoms with van der Waals surface area (Å²) in [4.78, 5) is 0. The molecule has 19 heavy (non-hydrogen) atoms. The fourth-order valence-electron chi connectivity index (χ4n) is 1.56. The maximum atomic E-state index is 5.64. The lowest BCUT2D eigenvalue weighted by Crippen LogP contribution is -2.28. The molecule has 5 nitrogen and oxygen atoms in total. The minimum atomic E-state index is 0.310. The van der Waals surface area contributed by atoms with E-state index in [4.69, 9.17) is 9.47 Å². The van der Waals surface area contributed by atoms with Crippen LogP contribution < -0.4 is 14.8 Å². The van der Waals surface area contributed by atoms with Crippen molar-refractivity contribution in [2.45, 2.75) is 13.0 Å². The third-order valence-corrected chi connectivity index (χ3v) is 2.89. The van der Waals surface area contributed by atoms with Crippen LogP contribution in [-0.2, 0) is 0 Å². The predicted molar refractivity (Wildman–Crippen MR) is 74.1 cm³/mol. The van der Waals surface area contributed by atoms with Gasteiger partial charge in [-0.15, -0.1) is 0 Å². The number of ether oxygens (including phenoxy) is 2. The molecule has 1 aromatic carbocycles. The number of likely N-dealkylation sites (N-methyl/N-ethyl adjacent to an activating group) is 1. The van der Waals surface area contributed by atoms with Crippen LogP contribution in [0.5, 0.6) is 11.5 Å². The Labute approximate surface area is 113 Å². The molecule has 1 N–H and O–H groups in total. The van der Waals surface area contributed by atoms with Gasteiger partial charge in [-0.05, 0) is 38.2 Å². The zero-order valence-corrected chi connectivity index (χ0v) is 11.5. The third kappa shape index (κ3) is 3.48. The number of hydrogen-bond acceptors (Lipinski definition) is 4. The van der Waals surface area contributed by atoms with Gasteiger partial charge in [0, 0.05) is 6.04 Å². The van der Waals surface area contributed by atoms with Crippen LogP contribution in [0.25, 0.3) is 5.69 Å². The van der Waals surface area contributed by atoms with Crippen LogP contribution in [0.15, 0.2) is 36.7 Å². The van der Waals surface area contributed by atoms with E-state index in [-0.39, 0.29) is 0 Å². The molecule has 0 aliphatic carbocycles. The van der Waals surface area contributed by atoms with Gasteiger partial charge in [-0.2, -0.15) is 5.10 Å². The van der Waals surface area contributed by atoms with E-state index < -0.39 is 0 Å². The number of rotatable bonds is 6. The molecule has 0 amide bonds. The van der Waals surface area contributed by atoms with Gasteiger partial charge in [0.25, 0.3) is 0 Å². The molecule has 0 aliphatic rings. The molecule has 2 aromatic rings. The second-order valence-corrected chi connectivity index (χ2v) is 4.32. The van der Waals surface area contributed by atoms with Crippen molar-refractivity contribution in [3.05, 3.63) is 36.7 Å². The number of benzene rings is 1. The average Bonchev–Trinajstić information content (AvgIpc) is 2.93. The molecule has 0 bridgehead atoms. The lowest BCUT2D eigenvalue weighted by Gasteiger charge is -2.09. The molecule has 2 rings (SSSR count). The number of aromatic nitrogens is 2. The summed E-state index contributed by atoms with van der Waals surface area (Å²) in [5.41, 5.74) is 0.970. The quantitative estimate of drug-likeness (QED) is 0.862. The van der Waals surface area contributed by atoms with Crippen LogP contribution in [0.3, 0.4) is 0 Å². The molecule has 1 heterocycles. The topological polar surface area (TPSA) is 48.3 Å². The van der Waals surface area contributed by atoms with Crippen molar-refractivity contribution in [3.63, 3.8) is 0 Å². The highest BCUT2D eigenvalue weighted by atomic mass is 16.5. The number of hydrogen-bond donors (Lipinski definition) is 1. The average molecular weight is 261 g/mol. The molecule has 0 radical (unpaired) electrons. The maximum Gasteiger partial charge on any atom is 0.157 e. The normalized spacial score (nSPS) is 12.2. The summed E-state index contributed by atoms with van der Waals surface area (Å²) < 4.78 is 12.5. The molecule has 0 saturated carbocycles.